The molecule has 3 aromatic rings. The Balaban J connectivity index is 1.95. The summed E-state index contributed by atoms with van der Waals surface area (Å²) in [6.07, 6.45) is 1.78. The third-order valence-electron chi connectivity index (χ3n) is 3.31. The summed E-state index contributed by atoms with van der Waals surface area (Å²) in [4.78, 5) is 5.09. The lowest BCUT2D eigenvalue weighted by atomic mass is 10.0. The fourth-order valence-corrected chi connectivity index (χ4v) is 4.87. The number of thiazole rings is 1. The van der Waals surface area contributed by atoms with Crippen LogP contribution in [-0.4, -0.2) is 9.19 Å². The summed E-state index contributed by atoms with van der Waals surface area (Å²) in [6.45, 7) is 0. The van der Waals surface area contributed by atoms with Crippen molar-refractivity contribution in [3.8, 4) is 0 Å². The van der Waals surface area contributed by atoms with E-state index >= 15 is 0 Å². The summed E-state index contributed by atoms with van der Waals surface area (Å²) in [7, 11) is -1.07. The molecule has 0 spiro atoms. The first-order valence-corrected chi connectivity index (χ1v) is 9.43. The van der Waals surface area contributed by atoms with Crippen molar-refractivity contribution in [3.63, 3.8) is 0 Å². The van der Waals surface area contributed by atoms with Crippen LogP contribution in [0.15, 0.2) is 66.3 Å². The number of hydrogen-bond donors (Lipinski definition) is 0. The molecule has 0 saturated heterocycles. The fraction of sp³-hybridized carbons (Fsp3) is 0.118. The highest BCUT2D eigenvalue weighted by Crippen LogP contribution is 2.31. The van der Waals surface area contributed by atoms with Crippen LogP contribution in [0.4, 0.5) is 0 Å². The van der Waals surface area contributed by atoms with Gasteiger partial charge in [0, 0.05) is 26.9 Å². The van der Waals surface area contributed by atoms with Crippen molar-refractivity contribution in [1.29, 1.82) is 0 Å². The van der Waals surface area contributed by atoms with Crippen molar-refractivity contribution in [2.75, 3.05) is 0 Å². The highest BCUT2D eigenvalue weighted by atomic mass is 35.5. The Hall–Kier alpha value is -1.49. The molecule has 0 unspecified atom stereocenters. The average molecular weight is 348 g/mol. The van der Waals surface area contributed by atoms with E-state index in [0.29, 0.717) is 10.8 Å². The molecule has 5 heteroatoms. The molecule has 0 fully saturated rings. The average Bonchev–Trinajstić information content (AvgIpc) is 3.03. The molecule has 0 bridgehead atoms. The van der Waals surface area contributed by atoms with E-state index in [0.717, 1.165) is 16.0 Å². The number of halogens is 1. The monoisotopic (exact) mass is 347 g/mol. The van der Waals surface area contributed by atoms with Crippen molar-refractivity contribution >= 4 is 33.7 Å². The van der Waals surface area contributed by atoms with Gasteiger partial charge in [-0.25, -0.2) is 0 Å². The van der Waals surface area contributed by atoms with E-state index < -0.39 is 10.8 Å². The standard InChI is InChI=1S/C17H14ClNOS2/c18-15-8-6-14(7-9-15)17(13-4-2-1-3-5-13)22(20)11-16-10-19-12-21-16/h1-10,12,17H,11H2/t17-,22-/m1/s1. The molecule has 1 heterocycles. The molecule has 0 aliphatic rings. The van der Waals surface area contributed by atoms with E-state index in [-0.39, 0.29) is 5.25 Å². The molecule has 2 aromatic carbocycles. The normalized spacial score (nSPS) is 13.7. The van der Waals surface area contributed by atoms with Gasteiger partial charge in [0.2, 0.25) is 0 Å². The van der Waals surface area contributed by atoms with Crippen LogP contribution in [0.25, 0.3) is 0 Å². The number of benzene rings is 2. The summed E-state index contributed by atoms with van der Waals surface area (Å²) < 4.78 is 13.0. The maximum Gasteiger partial charge on any atom is 0.0850 e. The predicted octanol–water partition coefficient (Wildman–Crippen LogP) is 4.83. The summed E-state index contributed by atoms with van der Waals surface area (Å²) in [5.74, 6) is 0.507. The van der Waals surface area contributed by atoms with Crippen LogP contribution in [0, 0.1) is 0 Å². The SMILES string of the molecule is O=[S@](Cc1cncs1)[C@H](c1ccccc1)c1ccc(Cl)cc1. The number of hydrogen-bond acceptors (Lipinski definition) is 3. The minimum Gasteiger partial charge on any atom is -0.258 e. The van der Waals surface area contributed by atoms with Gasteiger partial charge in [0.25, 0.3) is 0 Å². The molecular weight excluding hydrogens is 334 g/mol. The van der Waals surface area contributed by atoms with Gasteiger partial charge in [-0.2, -0.15) is 0 Å². The van der Waals surface area contributed by atoms with E-state index in [1.807, 2.05) is 54.6 Å². The Morgan fingerprint density at radius 2 is 1.73 bits per heavy atom. The van der Waals surface area contributed by atoms with Gasteiger partial charge in [0.15, 0.2) is 0 Å². The summed E-state index contributed by atoms with van der Waals surface area (Å²) in [5.41, 5.74) is 3.83. The molecule has 1 aromatic heterocycles. The summed E-state index contributed by atoms with van der Waals surface area (Å²) in [5, 5.41) is 0.518. The third-order valence-corrected chi connectivity index (χ3v) is 6.19. The molecule has 0 N–H and O–H groups in total. The first-order chi connectivity index (χ1) is 10.7. The van der Waals surface area contributed by atoms with Crippen LogP contribution >= 0.6 is 22.9 Å². The molecule has 0 aliphatic carbocycles. The molecule has 0 aliphatic heterocycles. The Morgan fingerprint density at radius 1 is 1.05 bits per heavy atom. The fourth-order valence-electron chi connectivity index (χ4n) is 2.30. The van der Waals surface area contributed by atoms with E-state index in [9.17, 15) is 4.21 Å². The minimum absolute atomic E-state index is 0.166. The molecule has 0 amide bonds. The Morgan fingerprint density at radius 3 is 2.36 bits per heavy atom. The van der Waals surface area contributed by atoms with Crippen LogP contribution in [-0.2, 0) is 16.6 Å². The Bertz CT molecular complexity index is 742. The second kappa shape index (κ2) is 7.18. The van der Waals surface area contributed by atoms with Crippen molar-refractivity contribution in [2.45, 2.75) is 11.0 Å². The first kappa shape index (κ1) is 15.4. The van der Waals surface area contributed by atoms with Crippen molar-refractivity contribution in [3.05, 3.63) is 87.3 Å². The maximum absolute atomic E-state index is 13.0. The van der Waals surface area contributed by atoms with E-state index in [4.69, 9.17) is 11.6 Å². The lowest BCUT2D eigenvalue weighted by molar-refractivity contribution is 0.678. The van der Waals surface area contributed by atoms with Crippen molar-refractivity contribution < 1.29 is 4.21 Å². The van der Waals surface area contributed by atoms with Gasteiger partial charge in [0.1, 0.15) is 0 Å². The molecule has 22 heavy (non-hydrogen) atoms. The number of aromatic nitrogens is 1. The zero-order valence-electron chi connectivity index (χ0n) is 11.7. The molecule has 2 nitrogen and oxygen atoms in total. The highest BCUT2D eigenvalue weighted by Gasteiger charge is 2.21. The van der Waals surface area contributed by atoms with E-state index in [1.165, 1.54) is 11.3 Å². The molecule has 0 radical (unpaired) electrons. The molecule has 112 valence electrons. The van der Waals surface area contributed by atoms with Crippen LogP contribution in [0.3, 0.4) is 0 Å². The second-order valence-corrected chi connectivity index (χ2v) is 7.76. The van der Waals surface area contributed by atoms with Gasteiger partial charge in [-0.1, -0.05) is 54.1 Å². The van der Waals surface area contributed by atoms with Gasteiger partial charge in [-0.05, 0) is 23.3 Å². The Labute approximate surface area is 141 Å². The predicted molar refractivity (Wildman–Crippen MR) is 93.7 cm³/mol. The lowest BCUT2D eigenvalue weighted by Crippen LogP contribution is -2.10. The van der Waals surface area contributed by atoms with Gasteiger partial charge in [-0.15, -0.1) is 11.3 Å². The summed E-state index contributed by atoms with van der Waals surface area (Å²) in [6, 6.07) is 17.5. The Kier molecular flexibility index (Phi) is 5.03. The minimum atomic E-state index is -1.07. The van der Waals surface area contributed by atoms with Crippen molar-refractivity contribution in [1.82, 2.24) is 4.98 Å². The topological polar surface area (TPSA) is 30.0 Å². The van der Waals surface area contributed by atoms with E-state index in [1.54, 1.807) is 11.7 Å². The summed E-state index contributed by atoms with van der Waals surface area (Å²) >= 11 is 7.51. The van der Waals surface area contributed by atoms with E-state index in [2.05, 4.69) is 4.98 Å². The smallest absolute Gasteiger partial charge is 0.0850 e. The highest BCUT2D eigenvalue weighted by molar-refractivity contribution is 7.84. The van der Waals surface area contributed by atoms with Gasteiger partial charge < -0.3 is 0 Å². The molecule has 3 rings (SSSR count). The van der Waals surface area contributed by atoms with Crippen molar-refractivity contribution in [2.24, 2.45) is 0 Å². The lowest BCUT2D eigenvalue weighted by Gasteiger charge is -2.17. The first-order valence-electron chi connectivity index (χ1n) is 6.79. The van der Waals surface area contributed by atoms with Gasteiger partial charge in [0.05, 0.1) is 16.5 Å². The van der Waals surface area contributed by atoms with Crippen LogP contribution in [0.5, 0.6) is 0 Å². The second-order valence-electron chi connectivity index (χ2n) is 4.84. The number of rotatable bonds is 5. The molecular formula is C17H14ClNOS2. The van der Waals surface area contributed by atoms with Crippen LogP contribution in [0.1, 0.15) is 21.3 Å². The quantitative estimate of drug-likeness (QED) is 0.661. The molecule has 2 atom stereocenters. The number of nitrogens with zero attached hydrogens (tertiary/aromatic N) is 1. The zero-order chi connectivity index (χ0) is 15.4. The zero-order valence-corrected chi connectivity index (χ0v) is 14.1. The largest absolute Gasteiger partial charge is 0.258 e. The van der Waals surface area contributed by atoms with Gasteiger partial charge in [-0.3, -0.25) is 9.19 Å². The molecule has 0 saturated carbocycles. The van der Waals surface area contributed by atoms with Crippen LogP contribution < -0.4 is 0 Å². The van der Waals surface area contributed by atoms with Gasteiger partial charge >= 0.3 is 0 Å². The third kappa shape index (κ3) is 3.64. The maximum atomic E-state index is 13.0. The van der Waals surface area contributed by atoms with Crippen LogP contribution in [0.2, 0.25) is 5.02 Å².